The minimum Gasteiger partial charge on any atom is -0.313 e. The predicted octanol–water partition coefficient (Wildman–Crippen LogP) is 1.70. The highest BCUT2D eigenvalue weighted by Crippen LogP contribution is 2.25. The van der Waals surface area contributed by atoms with E-state index in [0.29, 0.717) is 17.5 Å². The third-order valence-corrected chi connectivity index (χ3v) is 5.52. The Morgan fingerprint density at radius 1 is 1.17 bits per heavy atom. The van der Waals surface area contributed by atoms with Crippen LogP contribution in [0.3, 0.4) is 0 Å². The van der Waals surface area contributed by atoms with Crippen molar-refractivity contribution in [1.82, 2.24) is 5.32 Å². The normalized spacial score (nSPS) is 18.9. The lowest BCUT2D eigenvalue weighted by Gasteiger charge is -2.07. The maximum absolute atomic E-state index is 12.2. The number of hydrogen-bond donors (Lipinski definition) is 1. The summed E-state index contributed by atoms with van der Waals surface area (Å²) < 4.78 is 24.4. The first kappa shape index (κ1) is 12.2. The summed E-state index contributed by atoms with van der Waals surface area (Å²) in [5, 5.41) is 3.26. The maximum atomic E-state index is 12.2. The van der Waals surface area contributed by atoms with Gasteiger partial charge in [-0.3, -0.25) is 0 Å². The van der Waals surface area contributed by atoms with E-state index in [1.165, 1.54) is 24.0 Å². The second-order valence-corrected chi connectivity index (χ2v) is 7.44. The Labute approximate surface area is 109 Å². The molecule has 0 heterocycles. The zero-order valence-electron chi connectivity index (χ0n) is 10.5. The molecule has 0 amide bonds. The van der Waals surface area contributed by atoms with Crippen molar-refractivity contribution in [2.45, 2.75) is 43.0 Å². The van der Waals surface area contributed by atoms with Crippen LogP contribution in [0.15, 0.2) is 23.1 Å². The standard InChI is InChI=1S/C14H19NO2S/c16-18(17,9-8-15-13-5-6-13)14-7-4-11-2-1-3-12(11)10-14/h4,7,10,13,15H,1-3,5-6,8-9H2. The van der Waals surface area contributed by atoms with E-state index in [1.807, 2.05) is 12.1 Å². The summed E-state index contributed by atoms with van der Waals surface area (Å²) in [4.78, 5) is 0.501. The highest BCUT2D eigenvalue weighted by molar-refractivity contribution is 7.91. The highest BCUT2D eigenvalue weighted by Gasteiger charge is 2.22. The number of rotatable bonds is 5. The summed E-state index contributed by atoms with van der Waals surface area (Å²) in [5.74, 6) is 0.211. The van der Waals surface area contributed by atoms with Gasteiger partial charge in [0.1, 0.15) is 0 Å². The van der Waals surface area contributed by atoms with Crippen molar-refractivity contribution in [2.24, 2.45) is 0 Å². The molecule has 2 aliphatic rings. The third kappa shape index (κ3) is 2.59. The van der Waals surface area contributed by atoms with E-state index in [9.17, 15) is 8.42 Å². The van der Waals surface area contributed by atoms with Crippen molar-refractivity contribution in [3.8, 4) is 0 Å². The molecule has 1 aromatic rings. The minimum absolute atomic E-state index is 0.211. The first-order valence-corrected chi connectivity index (χ1v) is 8.38. The first-order chi connectivity index (χ1) is 8.65. The van der Waals surface area contributed by atoms with Crippen LogP contribution in [-0.4, -0.2) is 26.8 Å². The number of hydrogen-bond acceptors (Lipinski definition) is 3. The molecular weight excluding hydrogens is 246 g/mol. The fourth-order valence-corrected chi connectivity index (χ4v) is 3.76. The largest absolute Gasteiger partial charge is 0.313 e. The Hall–Kier alpha value is -0.870. The summed E-state index contributed by atoms with van der Waals surface area (Å²) in [7, 11) is -3.11. The van der Waals surface area contributed by atoms with Crippen LogP contribution in [0.1, 0.15) is 30.4 Å². The topological polar surface area (TPSA) is 46.2 Å². The van der Waals surface area contributed by atoms with Gasteiger partial charge in [0, 0.05) is 12.6 Å². The summed E-state index contributed by atoms with van der Waals surface area (Å²) in [6, 6.07) is 6.22. The minimum atomic E-state index is -3.11. The fourth-order valence-electron chi connectivity index (χ4n) is 2.54. The van der Waals surface area contributed by atoms with Crippen LogP contribution in [0.2, 0.25) is 0 Å². The van der Waals surface area contributed by atoms with E-state index >= 15 is 0 Å². The summed E-state index contributed by atoms with van der Waals surface area (Å²) in [6.07, 6.45) is 5.66. The van der Waals surface area contributed by atoms with Crippen molar-refractivity contribution in [3.63, 3.8) is 0 Å². The van der Waals surface area contributed by atoms with Crippen molar-refractivity contribution in [1.29, 1.82) is 0 Å². The van der Waals surface area contributed by atoms with E-state index in [1.54, 1.807) is 6.07 Å². The second-order valence-electron chi connectivity index (χ2n) is 5.33. The van der Waals surface area contributed by atoms with Crippen molar-refractivity contribution < 1.29 is 8.42 Å². The Morgan fingerprint density at radius 3 is 2.72 bits per heavy atom. The molecule has 1 fully saturated rings. The third-order valence-electron chi connectivity index (χ3n) is 3.81. The average Bonchev–Trinajstić information content (AvgIpc) is 3.04. The van der Waals surface area contributed by atoms with Crippen LogP contribution in [0.4, 0.5) is 0 Å². The fraction of sp³-hybridized carbons (Fsp3) is 0.571. The van der Waals surface area contributed by atoms with Crippen molar-refractivity contribution >= 4 is 9.84 Å². The lowest BCUT2D eigenvalue weighted by Crippen LogP contribution is -2.24. The number of benzene rings is 1. The second kappa shape index (κ2) is 4.67. The zero-order valence-corrected chi connectivity index (χ0v) is 11.3. The van der Waals surface area contributed by atoms with Gasteiger partial charge in [-0.1, -0.05) is 6.07 Å². The van der Waals surface area contributed by atoms with Gasteiger partial charge >= 0.3 is 0 Å². The smallest absolute Gasteiger partial charge is 0.179 e. The van der Waals surface area contributed by atoms with Crippen LogP contribution < -0.4 is 5.32 Å². The van der Waals surface area contributed by atoms with Gasteiger partial charge < -0.3 is 5.32 Å². The van der Waals surface area contributed by atoms with Crippen molar-refractivity contribution in [3.05, 3.63) is 29.3 Å². The van der Waals surface area contributed by atoms with Gasteiger partial charge in [-0.05, 0) is 55.4 Å². The van der Waals surface area contributed by atoms with Gasteiger partial charge in [-0.2, -0.15) is 0 Å². The van der Waals surface area contributed by atoms with E-state index in [4.69, 9.17) is 0 Å². The molecular formula is C14H19NO2S. The molecule has 0 aliphatic heterocycles. The van der Waals surface area contributed by atoms with Gasteiger partial charge in [-0.25, -0.2) is 8.42 Å². The molecule has 18 heavy (non-hydrogen) atoms. The van der Waals surface area contributed by atoms with Crippen LogP contribution in [0, 0.1) is 0 Å². The molecule has 3 rings (SSSR count). The maximum Gasteiger partial charge on any atom is 0.179 e. The number of sulfone groups is 1. The Morgan fingerprint density at radius 2 is 1.94 bits per heavy atom. The molecule has 0 atom stereocenters. The molecule has 0 spiro atoms. The van der Waals surface area contributed by atoms with Gasteiger partial charge in [0.25, 0.3) is 0 Å². The van der Waals surface area contributed by atoms with Gasteiger partial charge in [0.2, 0.25) is 0 Å². The molecule has 2 aliphatic carbocycles. The van der Waals surface area contributed by atoms with E-state index in [-0.39, 0.29) is 5.75 Å². The molecule has 0 radical (unpaired) electrons. The number of fused-ring (bicyclic) bond motifs is 1. The quantitative estimate of drug-likeness (QED) is 0.881. The lowest BCUT2D eigenvalue weighted by molar-refractivity contribution is 0.590. The molecule has 0 aromatic heterocycles. The molecule has 1 aromatic carbocycles. The van der Waals surface area contributed by atoms with E-state index in [0.717, 1.165) is 19.3 Å². The predicted molar refractivity (Wildman–Crippen MR) is 71.5 cm³/mol. The monoisotopic (exact) mass is 265 g/mol. The molecule has 0 saturated heterocycles. The van der Waals surface area contributed by atoms with Gasteiger partial charge in [0.15, 0.2) is 9.84 Å². The molecule has 4 heteroatoms. The molecule has 1 N–H and O–H groups in total. The average molecular weight is 265 g/mol. The summed E-state index contributed by atoms with van der Waals surface area (Å²) in [6.45, 7) is 0.573. The van der Waals surface area contributed by atoms with Crippen molar-refractivity contribution in [2.75, 3.05) is 12.3 Å². The Bertz CT molecular complexity index is 547. The molecule has 0 unspecified atom stereocenters. The zero-order chi connectivity index (χ0) is 12.6. The molecule has 98 valence electrons. The van der Waals surface area contributed by atoms with Crippen LogP contribution in [0.25, 0.3) is 0 Å². The molecule has 1 saturated carbocycles. The van der Waals surface area contributed by atoms with E-state index in [2.05, 4.69) is 5.32 Å². The summed E-state index contributed by atoms with van der Waals surface area (Å²) in [5.41, 5.74) is 2.55. The summed E-state index contributed by atoms with van der Waals surface area (Å²) >= 11 is 0. The Kier molecular flexibility index (Phi) is 3.16. The Balaban J connectivity index is 1.71. The van der Waals surface area contributed by atoms with Gasteiger partial charge in [-0.15, -0.1) is 0 Å². The van der Waals surface area contributed by atoms with Crippen LogP contribution in [0.5, 0.6) is 0 Å². The van der Waals surface area contributed by atoms with Gasteiger partial charge in [0.05, 0.1) is 10.6 Å². The van der Waals surface area contributed by atoms with Crippen LogP contribution >= 0.6 is 0 Å². The lowest BCUT2D eigenvalue weighted by atomic mass is 10.1. The SMILES string of the molecule is O=S(=O)(CCNC1CC1)c1ccc2c(c1)CCC2. The molecule has 0 bridgehead atoms. The number of aryl methyl sites for hydroxylation is 2. The van der Waals surface area contributed by atoms with E-state index < -0.39 is 9.84 Å². The highest BCUT2D eigenvalue weighted by atomic mass is 32.2. The first-order valence-electron chi connectivity index (χ1n) is 6.73. The van der Waals surface area contributed by atoms with Crippen LogP contribution in [-0.2, 0) is 22.7 Å². The molecule has 3 nitrogen and oxygen atoms in total. The number of nitrogens with one attached hydrogen (secondary N) is 1.